The van der Waals surface area contributed by atoms with E-state index < -0.39 is 6.04 Å². The van der Waals surface area contributed by atoms with Gasteiger partial charge in [0.05, 0.1) is 19.5 Å². The van der Waals surface area contributed by atoms with Gasteiger partial charge in [-0.3, -0.25) is 14.5 Å². The molecule has 1 N–H and O–H groups in total. The van der Waals surface area contributed by atoms with Gasteiger partial charge in [-0.25, -0.2) is 0 Å². The average Bonchev–Trinajstić information content (AvgIpc) is 3.67. The molecule has 1 aliphatic carbocycles. The minimum absolute atomic E-state index is 0.129. The van der Waals surface area contributed by atoms with E-state index in [9.17, 15) is 9.59 Å². The van der Waals surface area contributed by atoms with Crippen molar-refractivity contribution in [1.82, 2.24) is 5.32 Å². The Morgan fingerprint density at radius 2 is 1.73 bits per heavy atom. The van der Waals surface area contributed by atoms with E-state index in [1.807, 2.05) is 48.5 Å². The number of benzene rings is 2. The molecule has 1 saturated heterocycles. The molecule has 2 aliphatic rings. The van der Waals surface area contributed by atoms with Crippen LogP contribution >= 0.6 is 0 Å². The molecule has 1 saturated carbocycles. The number of ether oxygens (including phenoxy) is 1. The summed E-state index contributed by atoms with van der Waals surface area (Å²) in [6.45, 7) is 5.12. The maximum atomic E-state index is 14.0. The van der Waals surface area contributed by atoms with Gasteiger partial charge in [-0.1, -0.05) is 50.1 Å². The van der Waals surface area contributed by atoms with Gasteiger partial charge >= 0.3 is 0 Å². The summed E-state index contributed by atoms with van der Waals surface area (Å²) in [5, 5.41) is 3.25. The van der Waals surface area contributed by atoms with Crippen LogP contribution in [-0.4, -0.2) is 44.2 Å². The third-order valence-corrected chi connectivity index (χ3v) is 7.38. The fourth-order valence-electron chi connectivity index (χ4n) is 5.39. The molecule has 5 rings (SSSR count). The zero-order valence-electron chi connectivity index (χ0n) is 21.4. The van der Waals surface area contributed by atoms with E-state index in [1.54, 1.807) is 17.0 Å². The summed E-state index contributed by atoms with van der Waals surface area (Å²) in [6.07, 6.45) is 6.36. The van der Waals surface area contributed by atoms with Crippen LogP contribution < -0.4 is 15.1 Å². The van der Waals surface area contributed by atoms with Crippen molar-refractivity contribution >= 4 is 23.2 Å². The maximum absolute atomic E-state index is 14.0. The number of aryl methyl sites for hydroxylation is 1. The van der Waals surface area contributed by atoms with Crippen LogP contribution in [0.4, 0.5) is 11.4 Å². The summed E-state index contributed by atoms with van der Waals surface area (Å²) in [6, 6.07) is 18.4. The second-order valence-corrected chi connectivity index (χ2v) is 9.72. The van der Waals surface area contributed by atoms with Gasteiger partial charge in [0.15, 0.2) is 5.76 Å². The molecule has 1 aromatic heterocycles. The fraction of sp³-hybridized carbons (Fsp3) is 0.400. The molecule has 0 bridgehead atoms. The number of nitrogens with zero attached hydrogens (tertiary/aromatic N) is 2. The van der Waals surface area contributed by atoms with Crippen molar-refractivity contribution < 1.29 is 18.7 Å². The molecule has 194 valence electrons. The van der Waals surface area contributed by atoms with Crippen LogP contribution in [0.15, 0.2) is 71.3 Å². The predicted octanol–water partition coefficient (Wildman–Crippen LogP) is 5.13. The molecule has 0 spiro atoms. The number of morpholine rings is 1. The molecule has 0 radical (unpaired) electrons. The Kier molecular flexibility index (Phi) is 7.90. The van der Waals surface area contributed by atoms with Gasteiger partial charge < -0.3 is 19.4 Å². The number of carbonyl (C=O) groups is 2. The molecule has 3 aromatic rings. The quantitative estimate of drug-likeness (QED) is 0.463. The Morgan fingerprint density at radius 3 is 2.41 bits per heavy atom. The third-order valence-electron chi connectivity index (χ3n) is 7.38. The number of furan rings is 1. The lowest BCUT2D eigenvalue weighted by Gasteiger charge is -2.33. The molecule has 7 nitrogen and oxygen atoms in total. The van der Waals surface area contributed by atoms with E-state index in [-0.39, 0.29) is 23.6 Å². The van der Waals surface area contributed by atoms with Crippen molar-refractivity contribution in [2.75, 3.05) is 36.1 Å². The van der Waals surface area contributed by atoms with Crippen LogP contribution in [0.1, 0.15) is 60.3 Å². The lowest BCUT2D eigenvalue weighted by atomic mass is 9.99. The molecule has 2 fully saturated rings. The first kappa shape index (κ1) is 25.1. The lowest BCUT2D eigenvalue weighted by molar-refractivity contribution is -0.123. The first-order valence-electron chi connectivity index (χ1n) is 13.3. The van der Waals surface area contributed by atoms with Crippen LogP contribution in [0.3, 0.4) is 0 Å². The van der Waals surface area contributed by atoms with E-state index in [0.29, 0.717) is 13.2 Å². The molecule has 2 amide bonds. The molecule has 2 aromatic carbocycles. The van der Waals surface area contributed by atoms with Crippen molar-refractivity contribution in [3.63, 3.8) is 0 Å². The summed E-state index contributed by atoms with van der Waals surface area (Å²) >= 11 is 0. The molecule has 37 heavy (non-hydrogen) atoms. The van der Waals surface area contributed by atoms with Crippen molar-refractivity contribution in [2.45, 2.75) is 51.1 Å². The van der Waals surface area contributed by atoms with E-state index in [4.69, 9.17) is 9.15 Å². The lowest BCUT2D eigenvalue weighted by Crippen LogP contribution is -2.46. The van der Waals surface area contributed by atoms with Crippen LogP contribution in [0.2, 0.25) is 0 Å². The van der Waals surface area contributed by atoms with Gasteiger partial charge in [-0.15, -0.1) is 0 Å². The van der Waals surface area contributed by atoms with Gasteiger partial charge in [-0.2, -0.15) is 0 Å². The Balaban J connectivity index is 1.57. The maximum Gasteiger partial charge on any atom is 0.294 e. The highest BCUT2D eigenvalue weighted by Gasteiger charge is 2.36. The van der Waals surface area contributed by atoms with Crippen molar-refractivity contribution in [2.24, 2.45) is 0 Å². The van der Waals surface area contributed by atoms with Crippen molar-refractivity contribution in [3.8, 4) is 0 Å². The van der Waals surface area contributed by atoms with Gasteiger partial charge in [0.25, 0.3) is 5.91 Å². The van der Waals surface area contributed by atoms with E-state index in [2.05, 4.69) is 17.1 Å². The molecule has 1 aliphatic heterocycles. The number of nitrogens with one attached hydrogen (secondary N) is 1. The number of amides is 2. The predicted molar refractivity (Wildman–Crippen MR) is 144 cm³/mol. The number of para-hydroxylation sites is 1. The minimum atomic E-state index is -0.843. The number of rotatable bonds is 8. The Bertz CT molecular complexity index is 1180. The Morgan fingerprint density at radius 1 is 1.00 bits per heavy atom. The molecule has 2 heterocycles. The summed E-state index contributed by atoms with van der Waals surface area (Å²) in [7, 11) is 0. The highest BCUT2D eigenvalue weighted by Crippen LogP contribution is 2.34. The van der Waals surface area contributed by atoms with Gasteiger partial charge in [0.1, 0.15) is 6.04 Å². The monoisotopic (exact) mass is 501 g/mol. The van der Waals surface area contributed by atoms with E-state index >= 15 is 0 Å². The second kappa shape index (κ2) is 11.6. The molecular formula is C30H35N3O4. The molecule has 1 unspecified atom stereocenters. The summed E-state index contributed by atoms with van der Waals surface area (Å²) in [5.74, 6) is -0.305. The summed E-state index contributed by atoms with van der Waals surface area (Å²) in [5.41, 5.74) is 3.56. The topological polar surface area (TPSA) is 75.0 Å². The van der Waals surface area contributed by atoms with Gasteiger partial charge in [0.2, 0.25) is 5.91 Å². The van der Waals surface area contributed by atoms with Crippen molar-refractivity contribution in [1.29, 1.82) is 0 Å². The average molecular weight is 502 g/mol. The largest absolute Gasteiger partial charge is 0.459 e. The molecule has 1 atom stereocenters. The van der Waals surface area contributed by atoms with Crippen molar-refractivity contribution in [3.05, 3.63) is 83.8 Å². The first-order chi connectivity index (χ1) is 18.2. The summed E-state index contributed by atoms with van der Waals surface area (Å²) < 4.78 is 11.0. The molecular weight excluding hydrogens is 466 g/mol. The second-order valence-electron chi connectivity index (χ2n) is 9.72. The van der Waals surface area contributed by atoms with Gasteiger partial charge in [0, 0.05) is 30.5 Å². The van der Waals surface area contributed by atoms with Crippen LogP contribution in [0.25, 0.3) is 0 Å². The van der Waals surface area contributed by atoms with E-state index in [1.165, 1.54) is 6.26 Å². The number of carbonyl (C=O) groups excluding carboxylic acids is 2. The zero-order chi connectivity index (χ0) is 25.6. The zero-order valence-corrected chi connectivity index (χ0v) is 21.4. The fourth-order valence-corrected chi connectivity index (χ4v) is 5.39. The number of hydrogen-bond donors (Lipinski definition) is 1. The minimum Gasteiger partial charge on any atom is -0.459 e. The Labute approximate surface area is 218 Å². The number of hydrogen-bond acceptors (Lipinski definition) is 5. The van der Waals surface area contributed by atoms with Crippen LogP contribution in [0, 0.1) is 0 Å². The Hall–Kier alpha value is -3.58. The standard InChI is InChI=1S/C30H35N3O4/c1-2-22-8-3-6-11-26(22)33(30(35)27-12-7-19-37-27)28(29(34)31-24-9-4-5-10-24)23-13-15-25(16-14-23)32-17-20-36-21-18-32/h3,6-8,11-16,19,24,28H,2,4-5,9-10,17-18,20-21H2,1H3,(H,31,34). The SMILES string of the molecule is CCc1ccccc1N(C(=O)c1ccco1)C(C(=O)NC1CCCC1)c1ccc(N2CCOCC2)cc1. The van der Waals surface area contributed by atoms with Crippen LogP contribution in [-0.2, 0) is 16.0 Å². The highest BCUT2D eigenvalue weighted by molar-refractivity contribution is 6.09. The van der Waals surface area contributed by atoms with Crippen LogP contribution in [0.5, 0.6) is 0 Å². The normalized spacial score (nSPS) is 16.9. The summed E-state index contributed by atoms with van der Waals surface area (Å²) in [4.78, 5) is 31.9. The first-order valence-corrected chi connectivity index (χ1v) is 13.3. The number of anilines is 2. The third kappa shape index (κ3) is 5.57. The highest BCUT2D eigenvalue weighted by atomic mass is 16.5. The smallest absolute Gasteiger partial charge is 0.294 e. The van der Waals surface area contributed by atoms with E-state index in [0.717, 1.165) is 67.7 Å². The van der Waals surface area contributed by atoms with Gasteiger partial charge in [-0.05, 0) is 60.7 Å². The molecule has 7 heteroatoms.